The Kier molecular flexibility index (Phi) is 5.03. The number of hydrogen-bond donors (Lipinski definition) is 1. The number of aromatic nitrogens is 2. The van der Waals surface area contributed by atoms with Crippen LogP contribution in [-0.4, -0.2) is 54.4 Å². The lowest BCUT2D eigenvalue weighted by Gasteiger charge is -2.27. The molecule has 1 atom stereocenters. The molecule has 2 fully saturated rings. The first-order valence-electron chi connectivity index (χ1n) is 8.58. The van der Waals surface area contributed by atoms with E-state index in [2.05, 4.69) is 15.3 Å². The monoisotopic (exact) mass is 352 g/mol. The standard InChI is InChI=1S/C16H24N4O3S/c1-2-20(13-7-8-24(22,23)11-13)15-10-17-14(9-18-15)16(21)19-12-5-3-4-6-12/h9-10,12-13H,2-8,11H2,1H3,(H,19,21). The topological polar surface area (TPSA) is 92.3 Å². The van der Waals surface area contributed by atoms with Crippen LogP contribution in [0.4, 0.5) is 5.82 Å². The third kappa shape index (κ3) is 3.85. The first kappa shape index (κ1) is 17.1. The molecule has 0 bridgehead atoms. The summed E-state index contributed by atoms with van der Waals surface area (Å²) in [6.45, 7) is 2.62. The first-order chi connectivity index (χ1) is 11.5. The highest BCUT2D eigenvalue weighted by Crippen LogP contribution is 2.22. The third-order valence-electron chi connectivity index (χ3n) is 4.85. The van der Waals surface area contributed by atoms with Crippen LogP contribution in [0.25, 0.3) is 0 Å². The van der Waals surface area contributed by atoms with Gasteiger partial charge in [-0.15, -0.1) is 0 Å². The van der Waals surface area contributed by atoms with Gasteiger partial charge in [-0.1, -0.05) is 12.8 Å². The van der Waals surface area contributed by atoms with Gasteiger partial charge in [0.05, 0.1) is 23.9 Å². The van der Waals surface area contributed by atoms with Crippen molar-refractivity contribution >= 4 is 21.6 Å². The Labute approximate surface area is 142 Å². The molecule has 1 aliphatic carbocycles. The highest BCUT2D eigenvalue weighted by molar-refractivity contribution is 7.91. The zero-order chi connectivity index (χ0) is 17.2. The molecule has 132 valence electrons. The maximum atomic E-state index is 12.2. The maximum absolute atomic E-state index is 12.2. The van der Waals surface area contributed by atoms with Crippen LogP contribution in [0.2, 0.25) is 0 Å². The average Bonchev–Trinajstić information content (AvgIpc) is 3.18. The van der Waals surface area contributed by atoms with Gasteiger partial charge >= 0.3 is 0 Å². The summed E-state index contributed by atoms with van der Waals surface area (Å²) in [4.78, 5) is 22.7. The number of carbonyl (C=O) groups is 1. The lowest BCUT2D eigenvalue weighted by Crippen LogP contribution is -2.37. The molecular weight excluding hydrogens is 328 g/mol. The van der Waals surface area contributed by atoms with Crippen molar-refractivity contribution < 1.29 is 13.2 Å². The Morgan fingerprint density at radius 3 is 2.54 bits per heavy atom. The Morgan fingerprint density at radius 1 is 1.25 bits per heavy atom. The molecule has 1 aromatic rings. The zero-order valence-electron chi connectivity index (χ0n) is 13.9. The summed E-state index contributed by atoms with van der Waals surface area (Å²) in [5.74, 6) is 0.820. The summed E-state index contributed by atoms with van der Waals surface area (Å²) in [6.07, 6.45) is 8.02. The molecule has 1 unspecified atom stereocenters. The van der Waals surface area contributed by atoms with Crippen molar-refractivity contribution in [2.45, 2.75) is 51.1 Å². The van der Waals surface area contributed by atoms with Crippen LogP contribution in [0.5, 0.6) is 0 Å². The Bertz CT molecular complexity index is 684. The van der Waals surface area contributed by atoms with Crippen LogP contribution in [0.3, 0.4) is 0 Å². The zero-order valence-corrected chi connectivity index (χ0v) is 14.8. The van der Waals surface area contributed by atoms with Gasteiger partial charge in [-0.05, 0) is 26.2 Å². The normalized spacial score (nSPS) is 23.3. The molecule has 0 radical (unpaired) electrons. The molecule has 0 spiro atoms. The minimum absolute atomic E-state index is 0.0625. The summed E-state index contributed by atoms with van der Waals surface area (Å²) in [6, 6.07) is 0.183. The smallest absolute Gasteiger partial charge is 0.271 e. The molecule has 3 rings (SSSR count). The van der Waals surface area contributed by atoms with Crippen LogP contribution in [0.1, 0.15) is 49.5 Å². The fraction of sp³-hybridized carbons (Fsp3) is 0.688. The number of sulfone groups is 1. The molecule has 1 aliphatic heterocycles. The van der Waals surface area contributed by atoms with Crippen molar-refractivity contribution in [3.63, 3.8) is 0 Å². The molecule has 1 aromatic heterocycles. The van der Waals surface area contributed by atoms with Crippen LogP contribution in [0.15, 0.2) is 12.4 Å². The van der Waals surface area contributed by atoms with E-state index < -0.39 is 9.84 Å². The van der Waals surface area contributed by atoms with Crippen molar-refractivity contribution in [2.75, 3.05) is 23.0 Å². The van der Waals surface area contributed by atoms with E-state index in [-0.39, 0.29) is 29.5 Å². The minimum Gasteiger partial charge on any atom is -0.352 e. The summed E-state index contributed by atoms with van der Waals surface area (Å²) >= 11 is 0. The lowest BCUT2D eigenvalue weighted by molar-refractivity contribution is 0.0932. The van der Waals surface area contributed by atoms with E-state index in [0.29, 0.717) is 24.5 Å². The van der Waals surface area contributed by atoms with E-state index in [1.54, 1.807) is 6.20 Å². The molecule has 0 aromatic carbocycles. The highest BCUT2D eigenvalue weighted by atomic mass is 32.2. The molecule has 8 heteroatoms. The summed E-state index contributed by atoms with van der Waals surface area (Å²) in [7, 11) is -2.95. The van der Waals surface area contributed by atoms with Gasteiger partial charge in [-0.25, -0.2) is 18.4 Å². The lowest BCUT2D eigenvalue weighted by atomic mass is 10.2. The molecule has 2 heterocycles. The quantitative estimate of drug-likeness (QED) is 0.855. The molecule has 24 heavy (non-hydrogen) atoms. The largest absolute Gasteiger partial charge is 0.352 e. The second-order valence-electron chi connectivity index (χ2n) is 6.56. The van der Waals surface area contributed by atoms with Gasteiger partial charge in [0.1, 0.15) is 11.5 Å². The van der Waals surface area contributed by atoms with E-state index in [9.17, 15) is 13.2 Å². The minimum atomic E-state index is -2.95. The van der Waals surface area contributed by atoms with Gasteiger partial charge in [0, 0.05) is 18.6 Å². The van der Waals surface area contributed by atoms with E-state index in [4.69, 9.17) is 0 Å². The van der Waals surface area contributed by atoms with Crippen molar-refractivity contribution in [1.29, 1.82) is 0 Å². The predicted molar refractivity (Wildman–Crippen MR) is 91.8 cm³/mol. The molecule has 7 nitrogen and oxygen atoms in total. The van der Waals surface area contributed by atoms with Crippen LogP contribution in [-0.2, 0) is 9.84 Å². The van der Waals surface area contributed by atoms with Crippen molar-refractivity contribution in [1.82, 2.24) is 15.3 Å². The fourth-order valence-corrected chi connectivity index (χ4v) is 5.28. The molecule has 1 amide bonds. The third-order valence-corrected chi connectivity index (χ3v) is 6.60. The Balaban J connectivity index is 1.67. The van der Waals surface area contributed by atoms with Gasteiger partial charge in [0.15, 0.2) is 9.84 Å². The van der Waals surface area contributed by atoms with Gasteiger partial charge in [0.2, 0.25) is 0 Å². The first-order valence-corrected chi connectivity index (χ1v) is 10.4. The Hall–Kier alpha value is -1.70. The second-order valence-corrected chi connectivity index (χ2v) is 8.79. The van der Waals surface area contributed by atoms with Gasteiger partial charge in [0.25, 0.3) is 5.91 Å². The van der Waals surface area contributed by atoms with Gasteiger partial charge in [-0.3, -0.25) is 4.79 Å². The number of rotatable bonds is 5. The van der Waals surface area contributed by atoms with E-state index >= 15 is 0 Å². The van der Waals surface area contributed by atoms with Gasteiger partial charge in [-0.2, -0.15) is 0 Å². The molecule has 1 saturated heterocycles. The second kappa shape index (κ2) is 7.04. The van der Waals surface area contributed by atoms with Crippen molar-refractivity contribution in [3.8, 4) is 0 Å². The van der Waals surface area contributed by atoms with Crippen LogP contribution >= 0.6 is 0 Å². The number of nitrogens with zero attached hydrogens (tertiary/aromatic N) is 3. The van der Waals surface area contributed by atoms with E-state index in [1.165, 1.54) is 6.20 Å². The summed E-state index contributed by atoms with van der Waals surface area (Å²) in [5.41, 5.74) is 0.306. The Morgan fingerprint density at radius 2 is 2.00 bits per heavy atom. The number of amides is 1. The number of hydrogen-bond acceptors (Lipinski definition) is 6. The van der Waals surface area contributed by atoms with Gasteiger partial charge < -0.3 is 10.2 Å². The SMILES string of the molecule is CCN(c1cnc(C(=O)NC2CCCC2)cn1)C1CCS(=O)(=O)C1. The molecule has 2 aliphatic rings. The van der Waals surface area contributed by atoms with Crippen molar-refractivity contribution in [2.24, 2.45) is 0 Å². The number of anilines is 1. The predicted octanol–water partition coefficient (Wildman–Crippen LogP) is 1.16. The molecule has 1 saturated carbocycles. The highest BCUT2D eigenvalue weighted by Gasteiger charge is 2.32. The number of nitrogens with one attached hydrogen (secondary N) is 1. The molecule has 1 N–H and O–H groups in total. The summed E-state index contributed by atoms with van der Waals surface area (Å²) in [5, 5.41) is 2.99. The van der Waals surface area contributed by atoms with Crippen LogP contribution < -0.4 is 10.2 Å². The van der Waals surface area contributed by atoms with Crippen molar-refractivity contribution in [3.05, 3.63) is 18.1 Å². The van der Waals surface area contributed by atoms with Crippen LogP contribution in [0, 0.1) is 0 Å². The van der Waals surface area contributed by atoms with E-state index in [1.807, 2.05) is 11.8 Å². The average molecular weight is 352 g/mol. The summed E-state index contributed by atoms with van der Waals surface area (Å²) < 4.78 is 23.4. The maximum Gasteiger partial charge on any atom is 0.271 e. The molecular formula is C16H24N4O3S. The fourth-order valence-electron chi connectivity index (χ4n) is 3.54. The van der Waals surface area contributed by atoms with E-state index in [0.717, 1.165) is 25.7 Å². The number of carbonyl (C=O) groups excluding carboxylic acids is 1.